The molecule has 1 heterocycles. The topological polar surface area (TPSA) is 104 Å². The van der Waals surface area contributed by atoms with Gasteiger partial charge >= 0.3 is 0 Å². The van der Waals surface area contributed by atoms with Gasteiger partial charge in [-0.25, -0.2) is 0 Å². The second-order valence-corrected chi connectivity index (χ2v) is 2.92. The smallest absolute Gasteiger partial charge is 0.269 e. The number of hydrogen-bond donors (Lipinski definition) is 2. The predicted octanol–water partition coefficient (Wildman–Crippen LogP) is -0.721. The molecule has 64 valence electrons. The highest BCUT2D eigenvalue weighted by Crippen LogP contribution is 2.06. The third kappa shape index (κ3) is 1.55. The van der Waals surface area contributed by atoms with E-state index in [9.17, 15) is 9.59 Å². The van der Waals surface area contributed by atoms with Gasteiger partial charge in [0.1, 0.15) is 5.69 Å². The van der Waals surface area contributed by atoms with Crippen molar-refractivity contribution in [3.8, 4) is 0 Å². The molecule has 1 aromatic rings. The lowest BCUT2D eigenvalue weighted by atomic mass is 10.3. The van der Waals surface area contributed by atoms with Crippen molar-refractivity contribution in [1.29, 1.82) is 0 Å². The highest BCUT2D eigenvalue weighted by molar-refractivity contribution is 14.1. The van der Waals surface area contributed by atoms with Crippen LogP contribution < -0.4 is 11.5 Å². The third-order valence-electron chi connectivity index (χ3n) is 1.17. The Hall–Kier alpha value is -1.12. The number of hydrogen-bond acceptors (Lipinski definition) is 3. The lowest BCUT2D eigenvalue weighted by molar-refractivity contribution is 0.0989. The molecule has 1 aromatic heterocycles. The van der Waals surface area contributed by atoms with Gasteiger partial charge in [-0.1, -0.05) is 0 Å². The summed E-state index contributed by atoms with van der Waals surface area (Å²) in [6, 6.07) is 1.25. The fraction of sp³-hybridized carbons (Fsp3) is 0. The van der Waals surface area contributed by atoms with Gasteiger partial charge in [-0.15, -0.1) is 0 Å². The van der Waals surface area contributed by atoms with E-state index in [1.165, 1.54) is 8.96 Å². The summed E-state index contributed by atoms with van der Waals surface area (Å²) in [7, 11) is 0. The lowest BCUT2D eigenvalue weighted by Crippen LogP contribution is -2.13. The van der Waals surface area contributed by atoms with Crippen molar-refractivity contribution in [1.82, 2.24) is 7.99 Å². The lowest BCUT2D eigenvalue weighted by Gasteiger charge is -1.89. The Labute approximate surface area is 81.4 Å². The molecule has 0 spiro atoms. The van der Waals surface area contributed by atoms with E-state index in [0.717, 1.165) is 0 Å². The van der Waals surface area contributed by atoms with Crippen molar-refractivity contribution >= 4 is 34.7 Å². The summed E-state index contributed by atoms with van der Waals surface area (Å²) in [4.78, 5) is 21.2. The van der Waals surface area contributed by atoms with E-state index in [0.29, 0.717) is 0 Å². The van der Waals surface area contributed by atoms with Crippen molar-refractivity contribution in [3.63, 3.8) is 0 Å². The molecular formula is C5H5IN4O2. The van der Waals surface area contributed by atoms with Gasteiger partial charge < -0.3 is 11.5 Å². The molecule has 2 amide bonds. The Morgan fingerprint density at radius 3 is 2.25 bits per heavy atom. The minimum absolute atomic E-state index is 0.0261. The summed E-state index contributed by atoms with van der Waals surface area (Å²) in [6.45, 7) is 0. The maximum atomic E-state index is 10.7. The fourth-order valence-corrected chi connectivity index (χ4v) is 1.25. The first kappa shape index (κ1) is 8.97. The monoisotopic (exact) mass is 280 g/mol. The Balaban J connectivity index is 3.17. The van der Waals surface area contributed by atoms with Crippen molar-refractivity contribution in [2.24, 2.45) is 11.5 Å². The van der Waals surface area contributed by atoms with Crippen LogP contribution in [-0.2, 0) is 0 Å². The maximum Gasteiger partial charge on any atom is 0.269 e. The molecule has 6 nitrogen and oxygen atoms in total. The van der Waals surface area contributed by atoms with Crippen LogP contribution in [0, 0.1) is 0 Å². The molecule has 0 aliphatic rings. The quantitative estimate of drug-likeness (QED) is 0.698. The fourth-order valence-electron chi connectivity index (χ4n) is 0.643. The SMILES string of the molecule is NC(=O)c1cc(C(N)=O)n(I)n1. The molecular weight excluding hydrogens is 275 g/mol. The van der Waals surface area contributed by atoms with E-state index < -0.39 is 11.8 Å². The molecule has 0 atom stereocenters. The number of nitrogens with zero attached hydrogens (tertiary/aromatic N) is 2. The summed E-state index contributed by atoms with van der Waals surface area (Å²) in [6.07, 6.45) is 0. The molecule has 0 saturated heterocycles. The molecule has 7 heteroatoms. The van der Waals surface area contributed by atoms with Gasteiger partial charge in [-0.3, -0.25) is 9.59 Å². The zero-order valence-corrected chi connectivity index (χ0v) is 7.98. The first-order chi connectivity index (χ1) is 5.52. The second-order valence-electron chi connectivity index (χ2n) is 2.00. The van der Waals surface area contributed by atoms with Crippen LogP contribution >= 0.6 is 22.9 Å². The molecule has 4 N–H and O–H groups in total. The van der Waals surface area contributed by atoms with E-state index in [2.05, 4.69) is 5.10 Å². The largest absolute Gasteiger partial charge is 0.364 e. The first-order valence-corrected chi connectivity index (χ1v) is 3.84. The van der Waals surface area contributed by atoms with Crippen molar-refractivity contribution in [3.05, 3.63) is 17.5 Å². The molecule has 0 unspecified atom stereocenters. The van der Waals surface area contributed by atoms with Crippen LogP contribution in [0.2, 0.25) is 0 Å². The van der Waals surface area contributed by atoms with Gasteiger partial charge in [0.15, 0.2) is 5.69 Å². The Morgan fingerprint density at radius 1 is 1.42 bits per heavy atom. The zero-order chi connectivity index (χ0) is 9.30. The van der Waals surface area contributed by atoms with Crippen LogP contribution in [0.15, 0.2) is 6.07 Å². The van der Waals surface area contributed by atoms with E-state index in [1.807, 2.05) is 0 Å². The molecule has 0 aliphatic carbocycles. The number of primary amides is 2. The normalized spacial score (nSPS) is 9.75. The van der Waals surface area contributed by atoms with E-state index >= 15 is 0 Å². The van der Waals surface area contributed by atoms with Crippen LogP contribution in [0.1, 0.15) is 21.0 Å². The number of halogens is 1. The summed E-state index contributed by atoms with van der Waals surface area (Å²) in [5.74, 6) is -1.34. The maximum absolute atomic E-state index is 10.7. The Bertz CT molecular complexity index is 345. The summed E-state index contributed by atoms with van der Waals surface area (Å²) in [5.41, 5.74) is 10.1. The highest BCUT2D eigenvalue weighted by atomic mass is 127. The average Bonchev–Trinajstić information content (AvgIpc) is 2.30. The zero-order valence-electron chi connectivity index (χ0n) is 5.82. The third-order valence-corrected chi connectivity index (χ3v) is 1.91. The average molecular weight is 280 g/mol. The summed E-state index contributed by atoms with van der Waals surface area (Å²) < 4.78 is 1.18. The van der Waals surface area contributed by atoms with Crippen LogP contribution in [0.3, 0.4) is 0 Å². The number of amides is 2. The van der Waals surface area contributed by atoms with Gasteiger partial charge in [-0.05, 0) is 0 Å². The minimum Gasteiger partial charge on any atom is -0.364 e. The van der Waals surface area contributed by atoms with Crippen LogP contribution in [0.4, 0.5) is 0 Å². The number of carbonyl (C=O) groups excluding carboxylic acids is 2. The highest BCUT2D eigenvalue weighted by Gasteiger charge is 2.13. The molecule has 1 rings (SSSR count). The van der Waals surface area contributed by atoms with Gasteiger partial charge in [0.05, 0.1) is 22.9 Å². The predicted molar refractivity (Wildman–Crippen MR) is 48.7 cm³/mol. The van der Waals surface area contributed by atoms with Crippen LogP contribution in [-0.4, -0.2) is 19.8 Å². The van der Waals surface area contributed by atoms with Gasteiger partial charge in [0.2, 0.25) is 0 Å². The van der Waals surface area contributed by atoms with Crippen molar-refractivity contribution in [2.45, 2.75) is 0 Å². The second kappa shape index (κ2) is 3.09. The summed E-state index contributed by atoms with van der Waals surface area (Å²) in [5, 5.41) is 3.66. The first-order valence-electron chi connectivity index (χ1n) is 2.88. The number of nitrogens with two attached hydrogens (primary N) is 2. The van der Waals surface area contributed by atoms with E-state index in [-0.39, 0.29) is 11.4 Å². The molecule has 0 saturated carbocycles. The molecule has 0 bridgehead atoms. The van der Waals surface area contributed by atoms with E-state index in [1.54, 1.807) is 22.9 Å². The van der Waals surface area contributed by atoms with Gasteiger partial charge in [-0.2, -0.15) is 7.99 Å². The molecule has 0 aromatic carbocycles. The molecule has 0 radical (unpaired) electrons. The van der Waals surface area contributed by atoms with Crippen LogP contribution in [0.25, 0.3) is 0 Å². The van der Waals surface area contributed by atoms with E-state index in [4.69, 9.17) is 11.5 Å². The Kier molecular flexibility index (Phi) is 2.31. The molecule has 12 heavy (non-hydrogen) atoms. The summed E-state index contributed by atoms with van der Waals surface area (Å²) >= 11 is 1.73. The Morgan fingerprint density at radius 2 is 2.00 bits per heavy atom. The number of rotatable bonds is 2. The minimum atomic E-state index is -0.687. The van der Waals surface area contributed by atoms with Crippen molar-refractivity contribution < 1.29 is 9.59 Å². The number of aromatic nitrogens is 2. The molecule has 0 aliphatic heterocycles. The van der Waals surface area contributed by atoms with Crippen molar-refractivity contribution in [2.75, 3.05) is 0 Å². The number of carbonyl (C=O) groups is 2. The van der Waals surface area contributed by atoms with Crippen LogP contribution in [0.5, 0.6) is 0 Å². The van der Waals surface area contributed by atoms with Gasteiger partial charge in [0.25, 0.3) is 11.8 Å². The standard InChI is InChI=1S/C5H5IN4O2/c6-10-3(5(8)12)1-2(9-10)4(7)11/h1H,(H2,7,11)(H2,8,12). The molecule has 0 fully saturated rings. The van der Waals surface area contributed by atoms with Gasteiger partial charge in [0, 0.05) is 6.07 Å².